The number of benzene rings is 1. The van der Waals surface area contributed by atoms with Gasteiger partial charge in [0.05, 0.1) is 11.6 Å². The van der Waals surface area contributed by atoms with Gasteiger partial charge in [-0.15, -0.1) is 6.58 Å². The van der Waals surface area contributed by atoms with Gasteiger partial charge in [-0.05, 0) is 48.9 Å². The highest BCUT2D eigenvalue weighted by Gasteiger charge is 2.42. The normalized spacial score (nSPS) is 31.2. The summed E-state index contributed by atoms with van der Waals surface area (Å²) in [7, 11) is 1.84. The fraction of sp³-hybridized carbons (Fsp3) is 0.450. The first-order valence-electron chi connectivity index (χ1n) is 8.55. The number of methoxy groups -OCH3 is 1. The summed E-state index contributed by atoms with van der Waals surface area (Å²) in [4.78, 5) is 7.10. The lowest BCUT2D eigenvalue weighted by Gasteiger charge is -2.51. The van der Waals surface area contributed by atoms with Crippen molar-refractivity contribution in [1.82, 2.24) is 9.88 Å². The molecule has 3 nitrogen and oxygen atoms in total. The maximum Gasteiger partial charge on any atom is 0.0983 e. The Bertz CT molecular complexity index is 708. The van der Waals surface area contributed by atoms with Gasteiger partial charge in [-0.1, -0.05) is 24.3 Å². The quantitative estimate of drug-likeness (QED) is 0.803. The summed E-state index contributed by atoms with van der Waals surface area (Å²) in [5, 5.41) is 1.21. The zero-order valence-corrected chi connectivity index (χ0v) is 13.7. The first-order chi connectivity index (χ1) is 11.3. The van der Waals surface area contributed by atoms with E-state index in [0.717, 1.165) is 18.0 Å². The number of hydrogen-bond donors (Lipinski definition) is 0. The maximum atomic E-state index is 6.01. The molecule has 0 radical (unpaired) electrons. The number of aromatic nitrogens is 1. The minimum absolute atomic E-state index is 0.108. The summed E-state index contributed by atoms with van der Waals surface area (Å²) >= 11 is 0. The van der Waals surface area contributed by atoms with E-state index in [4.69, 9.17) is 4.74 Å². The summed E-state index contributed by atoms with van der Waals surface area (Å²) in [5.41, 5.74) is 2.32. The predicted molar refractivity (Wildman–Crippen MR) is 93.3 cm³/mol. The number of para-hydroxylation sites is 1. The highest BCUT2D eigenvalue weighted by atomic mass is 16.5. The lowest BCUT2D eigenvalue weighted by molar-refractivity contribution is -0.0601. The monoisotopic (exact) mass is 308 g/mol. The van der Waals surface area contributed by atoms with Gasteiger partial charge < -0.3 is 4.74 Å². The van der Waals surface area contributed by atoms with Gasteiger partial charge in [0.15, 0.2) is 0 Å². The van der Waals surface area contributed by atoms with Crippen LogP contribution in [-0.2, 0) is 4.74 Å². The van der Waals surface area contributed by atoms with Crippen LogP contribution in [0.15, 0.2) is 49.2 Å². The van der Waals surface area contributed by atoms with Crippen LogP contribution in [0.25, 0.3) is 10.9 Å². The van der Waals surface area contributed by atoms with Crippen LogP contribution >= 0.6 is 0 Å². The van der Waals surface area contributed by atoms with Gasteiger partial charge in [-0.2, -0.15) is 0 Å². The molecule has 23 heavy (non-hydrogen) atoms. The molecule has 1 aromatic heterocycles. The Kier molecular flexibility index (Phi) is 3.92. The Balaban J connectivity index is 1.70. The van der Waals surface area contributed by atoms with Crippen molar-refractivity contribution < 1.29 is 4.74 Å². The summed E-state index contributed by atoms with van der Waals surface area (Å²) in [6.07, 6.45) is 6.66. The van der Waals surface area contributed by atoms with Crippen molar-refractivity contribution in [1.29, 1.82) is 0 Å². The van der Waals surface area contributed by atoms with Gasteiger partial charge >= 0.3 is 0 Å². The summed E-state index contributed by atoms with van der Waals surface area (Å²) in [6, 6.07) is 11.0. The van der Waals surface area contributed by atoms with E-state index in [2.05, 4.69) is 46.8 Å². The summed E-state index contributed by atoms with van der Waals surface area (Å²) < 4.78 is 6.01. The number of pyridine rings is 1. The molecular weight excluding hydrogens is 284 g/mol. The Morgan fingerprint density at radius 2 is 2.22 bits per heavy atom. The molecule has 4 heterocycles. The van der Waals surface area contributed by atoms with Gasteiger partial charge in [0.2, 0.25) is 0 Å². The fourth-order valence-corrected chi connectivity index (χ4v) is 4.55. The highest BCUT2D eigenvalue weighted by Crippen LogP contribution is 2.43. The van der Waals surface area contributed by atoms with E-state index in [9.17, 15) is 0 Å². The molecule has 5 rings (SSSR count). The molecule has 2 aromatic rings. The second-order valence-corrected chi connectivity index (χ2v) is 6.82. The Morgan fingerprint density at radius 3 is 2.96 bits per heavy atom. The van der Waals surface area contributed by atoms with Crippen molar-refractivity contribution in [3.63, 3.8) is 0 Å². The number of piperidine rings is 3. The van der Waals surface area contributed by atoms with Gasteiger partial charge in [0, 0.05) is 31.3 Å². The molecule has 5 atom stereocenters. The third kappa shape index (κ3) is 2.48. The average molecular weight is 308 g/mol. The number of hydrogen-bond acceptors (Lipinski definition) is 3. The van der Waals surface area contributed by atoms with Gasteiger partial charge in [0.1, 0.15) is 0 Å². The summed E-state index contributed by atoms with van der Waals surface area (Å²) in [5.74, 6) is 1.40. The molecule has 4 unspecified atom stereocenters. The van der Waals surface area contributed by atoms with Crippen LogP contribution in [0, 0.1) is 11.8 Å². The van der Waals surface area contributed by atoms with Crippen molar-refractivity contribution in [2.75, 3.05) is 20.2 Å². The van der Waals surface area contributed by atoms with Crippen molar-refractivity contribution >= 4 is 10.9 Å². The smallest absolute Gasteiger partial charge is 0.0983 e. The molecule has 120 valence electrons. The van der Waals surface area contributed by atoms with Crippen LogP contribution in [0.3, 0.4) is 0 Å². The minimum Gasteiger partial charge on any atom is -0.375 e. The zero-order valence-electron chi connectivity index (χ0n) is 13.7. The molecule has 3 aliphatic heterocycles. The molecule has 1 aromatic carbocycles. The fourth-order valence-electron chi connectivity index (χ4n) is 4.55. The molecule has 2 bridgehead atoms. The minimum atomic E-state index is 0.108. The van der Waals surface area contributed by atoms with E-state index in [1.165, 1.54) is 30.3 Å². The number of ether oxygens (including phenoxy) is 1. The second kappa shape index (κ2) is 6.06. The van der Waals surface area contributed by atoms with Crippen molar-refractivity contribution in [2.24, 2.45) is 11.8 Å². The van der Waals surface area contributed by atoms with E-state index < -0.39 is 0 Å². The maximum absolute atomic E-state index is 6.01. The molecule has 0 aliphatic carbocycles. The second-order valence-electron chi connectivity index (χ2n) is 6.82. The third-order valence-corrected chi connectivity index (χ3v) is 5.75. The summed E-state index contributed by atoms with van der Waals surface area (Å²) in [6.45, 7) is 6.34. The lowest BCUT2D eigenvalue weighted by atomic mass is 9.73. The van der Waals surface area contributed by atoms with Gasteiger partial charge in [0.25, 0.3) is 0 Å². The van der Waals surface area contributed by atoms with E-state index in [-0.39, 0.29) is 6.10 Å². The molecule has 0 amide bonds. The van der Waals surface area contributed by atoms with Gasteiger partial charge in [-0.3, -0.25) is 9.88 Å². The Labute approximate surface area is 138 Å². The van der Waals surface area contributed by atoms with Crippen LogP contribution in [0.4, 0.5) is 0 Å². The Hall–Kier alpha value is -1.71. The van der Waals surface area contributed by atoms with E-state index in [1.54, 1.807) is 0 Å². The first-order valence-corrected chi connectivity index (χ1v) is 8.55. The van der Waals surface area contributed by atoms with Crippen LogP contribution in [-0.4, -0.2) is 36.1 Å². The number of rotatable bonds is 4. The Morgan fingerprint density at radius 1 is 1.35 bits per heavy atom. The molecule has 3 heteroatoms. The van der Waals surface area contributed by atoms with Crippen molar-refractivity contribution in [2.45, 2.75) is 25.0 Å². The third-order valence-electron chi connectivity index (χ3n) is 5.75. The van der Waals surface area contributed by atoms with E-state index in [0.29, 0.717) is 12.0 Å². The van der Waals surface area contributed by atoms with Crippen LogP contribution in [0.1, 0.15) is 24.5 Å². The average Bonchev–Trinajstić information content (AvgIpc) is 2.63. The van der Waals surface area contributed by atoms with Crippen LogP contribution in [0.2, 0.25) is 0 Å². The largest absolute Gasteiger partial charge is 0.375 e. The molecular formula is C20H24N2O. The zero-order chi connectivity index (χ0) is 15.8. The molecule has 0 saturated carbocycles. The van der Waals surface area contributed by atoms with Gasteiger partial charge in [-0.25, -0.2) is 0 Å². The molecule has 3 aliphatic rings. The molecule has 3 fully saturated rings. The molecule has 0 N–H and O–H groups in total. The standard InChI is InChI=1S/C20H24N2O/c1-3-14-13-22-11-9-15(14)12-19(22)20(23-2)17-8-10-21-18-7-5-4-6-16(17)18/h3-8,10,14-15,19-20H,1,9,11-13H2,2H3/t14?,15?,19?,20-/m1/s1. The molecule has 0 spiro atoms. The predicted octanol–water partition coefficient (Wildman–Crippen LogP) is 3.82. The first kappa shape index (κ1) is 14.9. The van der Waals surface area contributed by atoms with Crippen molar-refractivity contribution in [3.8, 4) is 0 Å². The van der Waals surface area contributed by atoms with Crippen LogP contribution in [0.5, 0.6) is 0 Å². The molecule has 3 saturated heterocycles. The van der Waals surface area contributed by atoms with E-state index >= 15 is 0 Å². The SMILES string of the molecule is C=CC1CN2CCC1CC2[C@H](OC)c1ccnc2ccccc12. The lowest BCUT2D eigenvalue weighted by Crippen LogP contribution is -2.55. The number of fused-ring (bicyclic) bond motifs is 4. The van der Waals surface area contributed by atoms with E-state index in [1.807, 2.05) is 19.4 Å². The number of nitrogens with zero attached hydrogens (tertiary/aromatic N) is 2. The topological polar surface area (TPSA) is 25.4 Å². The van der Waals surface area contributed by atoms with Crippen LogP contribution < -0.4 is 0 Å². The van der Waals surface area contributed by atoms with Crippen molar-refractivity contribution in [3.05, 3.63) is 54.7 Å². The highest BCUT2D eigenvalue weighted by molar-refractivity contribution is 5.82.